The van der Waals surface area contributed by atoms with Gasteiger partial charge in [-0.2, -0.15) is 0 Å². The van der Waals surface area contributed by atoms with Crippen molar-refractivity contribution in [3.05, 3.63) is 23.3 Å². The van der Waals surface area contributed by atoms with E-state index in [1.165, 1.54) is 57.8 Å². The third kappa shape index (κ3) is 5.76. The van der Waals surface area contributed by atoms with E-state index in [4.69, 9.17) is 0 Å². The molecule has 0 bridgehead atoms. The lowest BCUT2D eigenvalue weighted by Gasteiger charge is -2.04. The molecular weight excluding hydrogens is 314 g/mol. The standard InChI is InChI=1S/C20H29N3O2/c1-2-3-4-5-6-7-8-9-10-11-12-23-20-14-18(16-25)17(15-24)13-19(20)21-22-23/h13-16H,2-12H2,1H3. The van der Waals surface area contributed by atoms with Crippen LogP contribution in [0.3, 0.4) is 0 Å². The molecule has 0 aliphatic rings. The van der Waals surface area contributed by atoms with Gasteiger partial charge in [-0.3, -0.25) is 9.59 Å². The number of rotatable bonds is 13. The zero-order valence-electron chi connectivity index (χ0n) is 15.2. The van der Waals surface area contributed by atoms with Gasteiger partial charge in [-0.25, -0.2) is 4.68 Å². The molecule has 136 valence electrons. The Balaban J connectivity index is 1.72. The van der Waals surface area contributed by atoms with Crippen LogP contribution in [0.5, 0.6) is 0 Å². The Kier molecular flexibility index (Phi) is 8.29. The van der Waals surface area contributed by atoms with Gasteiger partial charge in [-0.05, 0) is 18.6 Å². The molecule has 0 saturated carbocycles. The van der Waals surface area contributed by atoms with Crippen LogP contribution in [-0.4, -0.2) is 27.6 Å². The Morgan fingerprint density at radius 2 is 1.40 bits per heavy atom. The molecule has 25 heavy (non-hydrogen) atoms. The number of unbranched alkanes of at least 4 members (excludes halogenated alkanes) is 9. The molecule has 0 radical (unpaired) electrons. The van der Waals surface area contributed by atoms with E-state index < -0.39 is 0 Å². The van der Waals surface area contributed by atoms with E-state index in [1.807, 2.05) is 4.68 Å². The first-order valence-electron chi connectivity index (χ1n) is 9.57. The predicted octanol–water partition coefficient (Wildman–Crippen LogP) is 4.98. The second-order valence-corrected chi connectivity index (χ2v) is 6.70. The van der Waals surface area contributed by atoms with E-state index in [1.54, 1.807) is 12.1 Å². The smallest absolute Gasteiger partial charge is 0.150 e. The van der Waals surface area contributed by atoms with Crippen molar-refractivity contribution >= 4 is 23.6 Å². The van der Waals surface area contributed by atoms with Crippen LogP contribution in [0.1, 0.15) is 91.8 Å². The van der Waals surface area contributed by atoms with Crippen molar-refractivity contribution in [2.45, 2.75) is 77.7 Å². The van der Waals surface area contributed by atoms with E-state index in [2.05, 4.69) is 17.2 Å². The van der Waals surface area contributed by atoms with Crippen LogP contribution in [0, 0.1) is 0 Å². The van der Waals surface area contributed by atoms with Gasteiger partial charge in [0.05, 0.1) is 5.52 Å². The molecule has 0 N–H and O–H groups in total. The number of carbonyl (C=O) groups is 2. The summed E-state index contributed by atoms with van der Waals surface area (Å²) < 4.78 is 1.83. The molecule has 1 aromatic heterocycles. The molecule has 0 fully saturated rings. The van der Waals surface area contributed by atoms with Crippen LogP contribution in [0.15, 0.2) is 12.1 Å². The molecule has 0 unspecified atom stereocenters. The largest absolute Gasteiger partial charge is 0.298 e. The molecule has 0 aliphatic carbocycles. The second-order valence-electron chi connectivity index (χ2n) is 6.70. The van der Waals surface area contributed by atoms with Crippen LogP contribution in [-0.2, 0) is 6.54 Å². The molecular formula is C20H29N3O2. The lowest BCUT2D eigenvalue weighted by atomic mass is 10.1. The maximum absolute atomic E-state index is 11.1. The maximum atomic E-state index is 11.1. The lowest BCUT2D eigenvalue weighted by Crippen LogP contribution is -2.01. The average molecular weight is 343 g/mol. The van der Waals surface area contributed by atoms with Crippen molar-refractivity contribution in [2.24, 2.45) is 0 Å². The molecule has 0 aliphatic heterocycles. The van der Waals surface area contributed by atoms with Crippen LogP contribution in [0.4, 0.5) is 0 Å². The molecule has 1 aromatic carbocycles. The predicted molar refractivity (Wildman–Crippen MR) is 100 cm³/mol. The Morgan fingerprint density at radius 1 is 0.840 bits per heavy atom. The molecule has 5 heteroatoms. The SMILES string of the molecule is CCCCCCCCCCCCn1nnc2cc(C=O)c(C=O)cc21. The highest BCUT2D eigenvalue weighted by Crippen LogP contribution is 2.17. The van der Waals surface area contributed by atoms with Gasteiger partial charge < -0.3 is 0 Å². The van der Waals surface area contributed by atoms with Crippen LogP contribution in [0.2, 0.25) is 0 Å². The number of aromatic nitrogens is 3. The number of hydrogen-bond donors (Lipinski definition) is 0. The number of hydrogen-bond acceptors (Lipinski definition) is 4. The summed E-state index contributed by atoms with van der Waals surface area (Å²) in [6, 6.07) is 3.34. The molecule has 2 rings (SSSR count). The van der Waals surface area contributed by atoms with Gasteiger partial charge in [0.15, 0.2) is 12.6 Å². The number of carbonyl (C=O) groups excluding carboxylic acids is 2. The monoisotopic (exact) mass is 343 g/mol. The molecule has 2 aromatic rings. The fourth-order valence-corrected chi connectivity index (χ4v) is 3.16. The Labute approximate surface area is 149 Å². The van der Waals surface area contributed by atoms with Crippen molar-refractivity contribution in [2.75, 3.05) is 0 Å². The highest BCUT2D eigenvalue weighted by Gasteiger charge is 2.09. The molecule has 0 atom stereocenters. The molecule has 1 heterocycles. The van der Waals surface area contributed by atoms with Gasteiger partial charge in [-0.15, -0.1) is 5.10 Å². The zero-order valence-corrected chi connectivity index (χ0v) is 15.2. The zero-order chi connectivity index (χ0) is 17.9. The summed E-state index contributed by atoms with van der Waals surface area (Å²) in [6.07, 6.45) is 14.3. The first-order valence-corrected chi connectivity index (χ1v) is 9.57. The maximum Gasteiger partial charge on any atom is 0.150 e. The Bertz CT molecular complexity index is 679. The summed E-state index contributed by atoms with van der Waals surface area (Å²) in [5, 5.41) is 8.26. The third-order valence-corrected chi connectivity index (χ3v) is 4.70. The third-order valence-electron chi connectivity index (χ3n) is 4.70. The molecule has 5 nitrogen and oxygen atoms in total. The molecule has 0 amide bonds. The Morgan fingerprint density at radius 3 is 2.00 bits per heavy atom. The van der Waals surface area contributed by atoms with Gasteiger partial charge in [-0.1, -0.05) is 69.9 Å². The minimum absolute atomic E-state index is 0.369. The summed E-state index contributed by atoms with van der Waals surface area (Å²) >= 11 is 0. The number of aldehydes is 2. The fourth-order valence-electron chi connectivity index (χ4n) is 3.16. The van der Waals surface area contributed by atoms with Crippen LogP contribution < -0.4 is 0 Å². The molecule has 0 saturated heterocycles. The number of nitrogens with zero attached hydrogens (tertiary/aromatic N) is 3. The Hall–Kier alpha value is -2.04. The van der Waals surface area contributed by atoms with Crippen LogP contribution in [0.25, 0.3) is 11.0 Å². The van der Waals surface area contributed by atoms with E-state index in [0.717, 1.165) is 18.5 Å². The average Bonchev–Trinajstić information content (AvgIpc) is 3.04. The lowest BCUT2D eigenvalue weighted by molar-refractivity contribution is 0.109. The summed E-state index contributed by atoms with van der Waals surface area (Å²) in [5.41, 5.74) is 2.26. The first kappa shape index (κ1) is 19.3. The van der Waals surface area contributed by atoms with E-state index in [9.17, 15) is 9.59 Å². The van der Waals surface area contributed by atoms with E-state index in [0.29, 0.717) is 29.2 Å². The fraction of sp³-hybridized carbons (Fsp3) is 0.600. The summed E-state index contributed by atoms with van der Waals surface area (Å²) in [7, 11) is 0. The van der Waals surface area contributed by atoms with Gasteiger partial charge in [0.25, 0.3) is 0 Å². The topological polar surface area (TPSA) is 64.8 Å². The normalized spacial score (nSPS) is 11.1. The summed E-state index contributed by atoms with van der Waals surface area (Å²) in [6.45, 7) is 3.05. The van der Waals surface area contributed by atoms with E-state index in [-0.39, 0.29) is 0 Å². The van der Waals surface area contributed by atoms with Crippen LogP contribution >= 0.6 is 0 Å². The summed E-state index contributed by atoms with van der Waals surface area (Å²) in [5.74, 6) is 0. The van der Waals surface area contributed by atoms with Crippen molar-refractivity contribution < 1.29 is 9.59 Å². The van der Waals surface area contributed by atoms with Gasteiger partial charge in [0.1, 0.15) is 5.52 Å². The second kappa shape index (κ2) is 10.7. The van der Waals surface area contributed by atoms with E-state index >= 15 is 0 Å². The first-order chi connectivity index (χ1) is 12.3. The number of fused-ring (bicyclic) bond motifs is 1. The van der Waals surface area contributed by atoms with Crippen molar-refractivity contribution in [1.82, 2.24) is 15.0 Å². The minimum atomic E-state index is 0.369. The number of benzene rings is 1. The van der Waals surface area contributed by atoms with Crippen molar-refractivity contribution in [3.63, 3.8) is 0 Å². The highest BCUT2D eigenvalue weighted by atomic mass is 16.1. The van der Waals surface area contributed by atoms with Crippen molar-refractivity contribution in [1.29, 1.82) is 0 Å². The molecule has 0 spiro atoms. The highest BCUT2D eigenvalue weighted by molar-refractivity contribution is 5.96. The van der Waals surface area contributed by atoms with Crippen molar-refractivity contribution in [3.8, 4) is 0 Å². The summed E-state index contributed by atoms with van der Waals surface area (Å²) in [4.78, 5) is 22.1. The van der Waals surface area contributed by atoms with Gasteiger partial charge in [0.2, 0.25) is 0 Å². The quantitative estimate of drug-likeness (QED) is 0.380. The van der Waals surface area contributed by atoms with Gasteiger partial charge in [0, 0.05) is 17.7 Å². The number of aryl methyl sites for hydroxylation is 1. The minimum Gasteiger partial charge on any atom is -0.298 e. The van der Waals surface area contributed by atoms with Gasteiger partial charge >= 0.3 is 0 Å².